The number of hydrogen-bond acceptors (Lipinski definition) is 14. The van der Waals surface area contributed by atoms with Crippen molar-refractivity contribution in [3.05, 3.63) is 70.9 Å². The largest absolute Gasteiger partial charge is 0.495 e. The molecule has 6 heterocycles. The number of aryl methyl sites for hydroxylation is 1. The van der Waals surface area contributed by atoms with E-state index in [4.69, 9.17) is 19.4 Å². The van der Waals surface area contributed by atoms with E-state index in [-0.39, 0.29) is 60.2 Å². The first-order valence-electron chi connectivity index (χ1n) is 24.1. The molecule has 3 N–H and O–H groups in total. The molecule has 2 aromatic carbocycles. The number of carbonyl (C=O) groups is 6. The van der Waals surface area contributed by atoms with E-state index < -0.39 is 29.7 Å². The van der Waals surface area contributed by atoms with Gasteiger partial charge in [0.05, 0.1) is 42.8 Å². The van der Waals surface area contributed by atoms with Crippen LogP contribution >= 0.6 is 0 Å². The number of ether oxygens (including phenoxy) is 2. The molecule has 2 saturated heterocycles. The maximum Gasteiger partial charge on any atom is 0.266 e. The van der Waals surface area contributed by atoms with Gasteiger partial charge in [0, 0.05) is 44.1 Å². The molecule has 6 amide bonds. The van der Waals surface area contributed by atoms with Crippen LogP contribution in [0, 0.1) is 12.8 Å². The number of nitrogens with one attached hydrogen (secondary N) is 3. The summed E-state index contributed by atoms with van der Waals surface area (Å²) >= 11 is 0. The Morgan fingerprint density at radius 3 is 2.49 bits per heavy atom. The predicted molar refractivity (Wildman–Crippen MR) is 249 cm³/mol. The van der Waals surface area contributed by atoms with Crippen molar-refractivity contribution in [2.45, 2.75) is 122 Å². The fourth-order valence-electron chi connectivity index (χ4n) is 10.3. The molecule has 68 heavy (non-hydrogen) atoms. The van der Waals surface area contributed by atoms with Crippen molar-refractivity contribution >= 4 is 52.9 Å². The summed E-state index contributed by atoms with van der Waals surface area (Å²) in [5.41, 5.74) is 2.21. The van der Waals surface area contributed by atoms with Gasteiger partial charge in [0.15, 0.2) is 11.6 Å². The lowest BCUT2D eigenvalue weighted by Crippen LogP contribution is -2.54. The first-order chi connectivity index (χ1) is 33.0. The molecule has 19 heteroatoms. The van der Waals surface area contributed by atoms with Crippen LogP contribution in [0.15, 0.2) is 42.6 Å². The number of methoxy groups -OCH3 is 1. The average Bonchev–Trinajstić information content (AvgIpc) is 3.86. The third-order valence-corrected chi connectivity index (χ3v) is 14.0. The summed E-state index contributed by atoms with van der Waals surface area (Å²) in [5, 5.41) is 17.7. The summed E-state index contributed by atoms with van der Waals surface area (Å²) in [4.78, 5) is 92.1. The maximum absolute atomic E-state index is 13.5. The highest BCUT2D eigenvalue weighted by Gasteiger charge is 2.46. The predicted octanol–water partition coefficient (Wildman–Crippen LogP) is 5.73. The Kier molecular flexibility index (Phi) is 13.7. The monoisotopic (exact) mass is 929 g/mol. The molecule has 2 unspecified atom stereocenters. The molecule has 4 aliphatic heterocycles. The number of benzene rings is 2. The number of unbranched alkanes of at least 4 members (excludes halogenated alkanes) is 2. The van der Waals surface area contributed by atoms with Crippen molar-refractivity contribution < 1.29 is 38.2 Å². The van der Waals surface area contributed by atoms with Crippen molar-refractivity contribution in [1.29, 1.82) is 0 Å². The van der Waals surface area contributed by atoms with Crippen LogP contribution in [-0.2, 0) is 14.4 Å². The van der Waals surface area contributed by atoms with Crippen LogP contribution in [0.2, 0.25) is 0 Å². The zero-order valence-corrected chi connectivity index (χ0v) is 38.9. The standard InChI is InChI=1S/C49H59N11O8/c1-4-35-44-56-55-29(2)59(44)37-27-50-49(54-43(37)58(35)28-30-12-7-5-8-13-30)52-34-18-17-31(26-39(34)67-3)45(63)51-32-21-23-57(24-22-32)41(62)16-9-6-10-25-68-38-15-11-14-33-42(38)48(66)60(47(33)65)36-19-20-40(61)53-46(36)64/h11,14-15,17-18,26-27,30,32,35-36H,4-10,12-13,16,19-25,28H2,1-3H3,(H,51,63)(H,50,52,54)(H,53,61,64). The second-order valence-electron chi connectivity index (χ2n) is 18.4. The molecule has 4 aromatic rings. The van der Waals surface area contributed by atoms with Gasteiger partial charge in [-0.15, -0.1) is 10.2 Å². The molecule has 0 spiro atoms. The number of fused-ring (bicyclic) bond motifs is 4. The highest BCUT2D eigenvalue weighted by molar-refractivity contribution is 6.24. The molecule has 2 atom stereocenters. The SMILES string of the molecule is CCC1c2nnc(C)n2-c2cnc(Nc3ccc(C(=O)NC4CCN(C(=O)CCCCCOc5cccc6c5C(=O)N(C5CCC(=O)NC5=O)C6=O)CC4)cc3OC)nc2N1CC1CCCCC1. The quantitative estimate of drug-likeness (QED) is 0.0902. The lowest BCUT2D eigenvalue weighted by Gasteiger charge is -2.39. The fourth-order valence-corrected chi connectivity index (χ4v) is 10.3. The normalized spacial score (nSPS) is 19.6. The maximum atomic E-state index is 13.5. The van der Waals surface area contributed by atoms with Crippen LogP contribution in [-0.4, -0.2) is 115 Å². The summed E-state index contributed by atoms with van der Waals surface area (Å²) in [6.45, 7) is 6.37. The molecule has 1 saturated carbocycles. The van der Waals surface area contributed by atoms with Crippen molar-refractivity contribution in [1.82, 2.24) is 45.2 Å². The topological polar surface area (TPSA) is 223 Å². The number of likely N-dealkylation sites (tertiary alicyclic amines) is 1. The van der Waals surface area contributed by atoms with Crippen molar-refractivity contribution in [3.8, 4) is 17.2 Å². The zero-order valence-electron chi connectivity index (χ0n) is 38.9. The summed E-state index contributed by atoms with van der Waals surface area (Å²) in [6.07, 6.45) is 12.6. The van der Waals surface area contributed by atoms with Crippen molar-refractivity contribution in [2.75, 3.05) is 43.6 Å². The van der Waals surface area contributed by atoms with E-state index in [1.165, 1.54) is 38.2 Å². The highest BCUT2D eigenvalue weighted by atomic mass is 16.5. The van der Waals surface area contributed by atoms with Gasteiger partial charge in [0.1, 0.15) is 29.1 Å². The Morgan fingerprint density at radius 2 is 1.72 bits per heavy atom. The second kappa shape index (κ2) is 20.1. The zero-order chi connectivity index (χ0) is 47.5. The molecule has 358 valence electrons. The van der Waals surface area contributed by atoms with Gasteiger partial charge in [-0.25, -0.2) is 4.98 Å². The Hall–Kier alpha value is -6.92. The van der Waals surface area contributed by atoms with E-state index in [0.29, 0.717) is 80.5 Å². The van der Waals surface area contributed by atoms with Gasteiger partial charge in [-0.3, -0.25) is 43.6 Å². The van der Waals surface area contributed by atoms with Gasteiger partial charge in [0.2, 0.25) is 23.7 Å². The van der Waals surface area contributed by atoms with E-state index in [2.05, 4.69) is 42.5 Å². The smallest absolute Gasteiger partial charge is 0.266 e. The third-order valence-electron chi connectivity index (χ3n) is 14.0. The first kappa shape index (κ1) is 46.2. The van der Waals surface area contributed by atoms with Crippen LogP contribution < -0.4 is 30.3 Å². The summed E-state index contributed by atoms with van der Waals surface area (Å²) in [6, 6.07) is 8.93. The molecule has 0 radical (unpaired) electrons. The van der Waals surface area contributed by atoms with Crippen LogP contribution in [0.5, 0.6) is 11.5 Å². The number of imide groups is 2. The molecule has 19 nitrogen and oxygen atoms in total. The minimum atomic E-state index is -1.05. The van der Waals surface area contributed by atoms with Gasteiger partial charge in [-0.05, 0) is 101 Å². The molecular formula is C49H59N11O8. The third kappa shape index (κ3) is 9.34. The Labute approximate surface area is 394 Å². The van der Waals surface area contributed by atoms with E-state index in [1.807, 2.05) is 18.0 Å². The van der Waals surface area contributed by atoms with Crippen LogP contribution in [0.25, 0.3) is 5.69 Å². The number of rotatable bonds is 16. The highest BCUT2D eigenvalue weighted by Crippen LogP contribution is 2.41. The van der Waals surface area contributed by atoms with E-state index >= 15 is 0 Å². The summed E-state index contributed by atoms with van der Waals surface area (Å²) in [7, 11) is 1.56. The van der Waals surface area contributed by atoms with Gasteiger partial charge in [-0.1, -0.05) is 32.3 Å². The van der Waals surface area contributed by atoms with E-state index in [0.717, 1.165) is 41.0 Å². The molecule has 5 aliphatic rings. The van der Waals surface area contributed by atoms with Gasteiger partial charge < -0.3 is 29.9 Å². The minimum Gasteiger partial charge on any atom is -0.495 e. The number of nitrogens with zero attached hydrogens (tertiary/aromatic N) is 8. The minimum absolute atomic E-state index is 0.0392. The lowest BCUT2D eigenvalue weighted by molar-refractivity contribution is -0.136. The van der Waals surface area contributed by atoms with Crippen LogP contribution in [0.4, 0.5) is 17.5 Å². The van der Waals surface area contributed by atoms with Gasteiger partial charge in [-0.2, -0.15) is 4.98 Å². The summed E-state index contributed by atoms with van der Waals surface area (Å²) < 4.78 is 13.8. The molecule has 0 bridgehead atoms. The van der Waals surface area contributed by atoms with Crippen LogP contribution in [0.3, 0.4) is 0 Å². The van der Waals surface area contributed by atoms with E-state index in [1.54, 1.807) is 37.4 Å². The van der Waals surface area contributed by atoms with E-state index in [9.17, 15) is 28.8 Å². The molecular weight excluding hydrogens is 871 g/mol. The first-order valence-corrected chi connectivity index (χ1v) is 24.1. The summed E-state index contributed by atoms with van der Waals surface area (Å²) in [5.74, 6) is 1.82. The Bertz CT molecular complexity index is 2600. The molecule has 2 aromatic heterocycles. The van der Waals surface area contributed by atoms with Gasteiger partial charge >= 0.3 is 0 Å². The number of carbonyl (C=O) groups excluding carboxylic acids is 6. The molecule has 9 rings (SSSR count). The van der Waals surface area contributed by atoms with Crippen LogP contribution in [0.1, 0.15) is 146 Å². The number of hydrogen-bond donors (Lipinski definition) is 3. The number of amides is 6. The lowest BCUT2D eigenvalue weighted by atomic mass is 9.88. The van der Waals surface area contributed by atoms with Gasteiger partial charge in [0.25, 0.3) is 17.7 Å². The average molecular weight is 930 g/mol. The number of anilines is 3. The Morgan fingerprint density at radius 1 is 0.912 bits per heavy atom. The second-order valence-corrected chi connectivity index (χ2v) is 18.4. The molecule has 3 fully saturated rings. The van der Waals surface area contributed by atoms with Crippen molar-refractivity contribution in [3.63, 3.8) is 0 Å². The number of aromatic nitrogens is 5. The Balaban J connectivity index is 0.734. The fraction of sp³-hybridized carbons (Fsp3) is 0.510. The molecule has 1 aliphatic carbocycles. The van der Waals surface area contributed by atoms with Crippen molar-refractivity contribution in [2.24, 2.45) is 5.92 Å². The number of piperidine rings is 2.